The van der Waals surface area contributed by atoms with Crippen LogP contribution in [0, 0.1) is 0 Å². The average Bonchev–Trinajstić information content (AvgIpc) is 2.78. The first-order valence-corrected chi connectivity index (χ1v) is 5.08. The Hall–Kier alpha value is -2.37. The van der Waals surface area contributed by atoms with Gasteiger partial charge in [0.25, 0.3) is 0 Å². The summed E-state index contributed by atoms with van der Waals surface area (Å²) in [6.45, 7) is 1.55. The minimum absolute atomic E-state index is 0.484. The van der Waals surface area contributed by atoms with Gasteiger partial charge >= 0.3 is 5.97 Å². The van der Waals surface area contributed by atoms with Gasteiger partial charge in [0.05, 0.1) is 0 Å². The molecule has 0 aliphatic carbocycles. The molecule has 1 atom stereocenters. The zero-order chi connectivity index (χ0) is 12.4. The van der Waals surface area contributed by atoms with Crippen molar-refractivity contribution in [1.29, 1.82) is 0 Å². The maximum absolute atomic E-state index is 10.8. The van der Waals surface area contributed by atoms with Crippen molar-refractivity contribution in [3.63, 3.8) is 0 Å². The molecule has 1 unspecified atom stereocenters. The van der Waals surface area contributed by atoms with Crippen LogP contribution < -0.4 is 5.73 Å². The van der Waals surface area contributed by atoms with E-state index < -0.39 is 12.0 Å². The summed E-state index contributed by atoms with van der Waals surface area (Å²) in [4.78, 5) is 14.9. The monoisotopic (exact) mass is 232 g/mol. The first kappa shape index (κ1) is 11.1. The molecule has 0 aliphatic heterocycles. The fourth-order valence-corrected chi connectivity index (χ4v) is 1.34. The van der Waals surface area contributed by atoms with Gasteiger partial charge in [0.15, 0.2) is 5.82 Å². The van der Waals surface area contributed by atoms with Gasteiger partial charge in [0.2, 0.25) is 0 Å². The van der Waals surface area contributed by atoms with Crippen LogP contribution in [0.5, 0.6) is 0 Å². The highest BCUT2D eigenvalue weighted by molar-refractivity contribution is 5.71. The Morgan fingerprint density at radius 3 is 2.65 bits per heavy atom. The van der Waals surface area contributed by atoms with Crippen LogP contribution in [0.2, 0.25) is 0 Å². The number of carbonyl (C=O) groups is 1. The molecule has 88 valence electrons. The first-order valence-electron chi connectivity index (χ1n) is 5.08. The zero-order valence-electron chi connectivity index (χ0n) is 9.24. The highest BCUT2D eigenvalue weighted by Gasteiger charge is 2.15. The molecule has 1 aromatic carbocycles. The third-order valence-electron chi connectivity index (χ3n) is 2.43. The largest absolute Gasteiger partial charge is 0.480 e. The van der Waals surface area contributed by atoms with Gasteiger partial charge in [-0.05, 0) is 31.2 Å². The number of aromatic nitrogens is 3. The van der Waals surface area contributed by atoms with Crippen LogP contribution in [0.4, 0.5) is 5.69 Å². The Bertz CT molecular complexity index is 533. The number of anilines is 1. The normalized spacial score (nSPS) is 12.3. The van der Waals surface area contributed by atoms with E-state index in [9.17, 15) is 4.79 Å². The maximum atomic E-state index is 10.8. The SMILES string of the molecule is CC(C(=O)O)n1cnc(-c2ccc(N)cc2)n1. The fourth-order valence-electron chi connectivity index (χ4n) is 1.34. The molecular weight excluding hydrogens is 220 g/mol. The van der Waals surface area contributed by atoms with Gasteiger partial charge in [-0.25, -0.2) is 14.5 Å². The van der Waals surface area contributed by atoms with Crippen LogP contribution in [0.15, 0.2) is 30.6 Å². The van der Waals surface area contributed by atoms with E-state index in [-0.39, 0.29) is 0 Å². The van der Waals surface area contributed by atoms with E-state index >= 15 is 0 Å². The zero-order valence-corrected chi connectivity index (χ0v) is 9.24. The summed E-state index contributed by atoms with van der Waals surface area (Å²) < 4.78 is 1.31. The fraction of sp³-hybridized carbons (Fsp3) is 0.182. The maximum Gasteiger partial charge on any atom is 0.328 e. The Morgan fingerprint density at radius 1 is 1.41 bits per heavy atom. The molecule has 1 aromatic heterocycles. The summed E-state index contributed by atoms with van der Waals surface area (Å²) >= 11 is 0. The third-order valence-corrected chi connectivity index (χ3v) is 2.43. The lowest BCUT2D eigenvalue weighted by atomic mass is 10.2. The van der Waals surface area contributed by atoms with Crippen LogP contribution >= 0.6 is 0 Å². The summed E-state index contributed by atoms with van der Waals surface area (Å²) in [5.41, 5.74) is 7.03. The van der Waals surface area contributed by atoms with Gasteiger partial charge in [-0.15, -0.1) is 0 Å². The van der Waals surface area contributed by atoms with E-state index in [4.69, 9.17) is 10.8 Å². The predicted octanol–water partition coefficient (Wildman–Crippen LogP) is 1.17. The van der Waals surface area contributed by atoms with Gasteiger partial charge in [-0.1, -0.05) is 0 Å². The molecule has 0 amide bonds. The number of nitrogens with zero attached hydrogens (tertiary/aromatic N) is 3. The minimum atomic E-state index is -0.946. The lowest BCUT2D eigenvalue weighted by Crippen LogP contribution is -2.15. The van der Waals surface area contributed by atoms with E-state index in [1.165, 1.54) is 11.0 Å². The number of hydrogen-bond donors (Lipinski definition) is 2. The van der Waals surface area contributed by atoms with E-state index in [1.807, 2.05) is 0 Å². The molecule has 17 heavy (non-hydrogen) atoms. The van der Waals surface area contributed by atoms with Crippen LogP contribution in [0.3, 0.4) is 0 Å². The number of carboxylic acid groups (broad SMARTS) is 1. The topological polar surface area (TPSA) is 94.0 Å². The van der Waals surface area contributed by atoms with Crippen molar-refractivity contribution in [2.75, 3.05) is 5.73 Å². The quantitative estimate of drug-likeness (QED) is 0.775. The number of nitrogens with two attached hydrogens (primary N) is 1. The second-order valence-electron chi connectivity index (χ2n) is 3.68. The Labute approximate surface area is 97.7 Å². The Kier molecular flexibility index (Phi) is 2.78. The van der Waals surface area contributed by atoms with Crippen molar-refractivity contribution in [2.24, 2.45) is 0 Å². The highest BCUT2D eigenvalue weighted by atomic mass is 16.4. The van der Waals surface area contributed by atoms with Crippen molar-refractivity contribution in [3.05, 3.63) is 30.6 Å². The third kappa shape index (κ3) is 2.25. The van der Waals surface area contributed by atoms with Crippen molar-refractivity contribution >= 4 is 11.7 Å². The Morgan fingerprint density at radius 2 is 2.06 bits per heavy atom. The van der Waals surface area contributed by atoms with E-state index in [1.54, 1.807) is 31.2 Å². The van der Waals surface area contributed by atoms with Gasteiger partial charge in [-0.3, -0.25) is 0 Å². The molecule has 1 heterocycles. The van der Waals surface area contributed by atoms with Crippen molar-refractivity contribution in [1.82, 2.24) is 14.8 Å². The van der Waals surface area contributed by atoms with Crippen molar-refractivity contribution < 1.29 is 9.90 Å². The molecule has 6 nitrogen and oxygen atoms in total. The van der Waals surface area contributed by atoms with Crippen LogP contribution in [0.1, 0.15) is 13.0 Å². The number of carboxylic acids is 1. The summed E-state index contributed by atoms with van der Waals surface area (Å²) in [5.74, 6) is -0.461. The molecule has 0 spiro atoms. The smallest absolute Gasteiger partial charge is 0.328 e. The number of benzene rings is 1. The van der Waals surface area contributed by atoms with E-state index in [0.717, 1.165) is 5.56 Å². The number of nitrogen functional groups attached to an aromatic ring is 1. The van der Waals surface area contributed by atoms with Gasteiger partial charge < -0.3 is 10.8 Å². The molecule has 2 aromatic rings. The lowest BCUT2D eigenvalue weighted by Gasteiger charge is -2.04. The molecule has 0 aliphatic rings. The van der Waals surface area contributed by atoms with Crippen molar-refractivity contribution in [2.45, 2.75) is 13.0 Å². The molecule has 0 radical (unpaired) electrons. The number of rotatable bonds is 3. The second kappa shape index (κ2) is 4.25. The first-order chi connectivity index (χ1) is 8.08. The molecule has 0 saturated carbocycles. The molecule has 0 bridgehead atoms. The molecule has 3 N–H and O–H groups in total. The molecule has 0 saturated heterocycles. The standard InChI is InChI=1S/C11H12N4O2/c1-7(11(16)17)15-6-13-10(14-15)8-2-4-9(12)5-3-8/h2-7H,12H2,1H3,(H,16,17). The van der Waals surface area contributed by atoms with Crippen LogP contribution in [-0.2, 0) is 4.79 Å². The molecule has 2 rings (SSSR count). The number of aliphatic carboxylic acids is 1. The summed E-state index contributed by atoms with van der Waals surface area (Å²) in [6, 6.07) is 6.35. The molecular formula is C11H12N4O2. The van der Waals surface area contributed by atoms with Crippen LogP contribution in [0.25, 0.3) is 11.4 Å². The summed E-state index contributed by atoms with van der Waals surface area (Å²) in [7, 11) is 0. The molecule has 0 fully saturated rings. The summed E-state index contributed by atoms with van der Waals surface area (Å²) in [6.07, 6.45) is 1.41. The second-order valence-corrected chi connectivity index (χ2v) is 3.68. The molecule has 6 heteroatoms. The van der Waals surface area contributed by atoms with Gasteiger partial charge in [0.1, 0.15) is 12.4 Å². The van der Waals surface area contributed by atoms with Crippen LogP contribution in [-0.4, -0.2) is 25.8 Å². The number of hydrogen-bond acceptors (Lipinski definition) is 4. The predicted molar refractivity (Wildman–Crippen MR) is 62.2 cm³/mol. The average molecular weight is 232 g/mol. The van der Waals surface area contributed by atoms with Gasteiger partial charge in [-0.2, -0.15) is 5.10 Å². The summed E-state index contributed by atoms with van der Waals surface area (Å²) in [5, 5.41) is 13.0. The van der Waals surface area contributed by atoms with Crippen molar-refractivity contribution in [3.8, 4) is 11.4 Å². The van der Waals surface area contributed by atoms with Gasteiger partial charge in [0, 0.05) is 11.3 Å². The van der Waals surface area contributed by atoms with E-state index in [0.29, 0.717) is 11.5 Å². The minimum Gasteiger partial charge on any atom is -0.480 e. The lowest BCUT2D eigenvalue weighted by molar-refractivity contribution is -0.140. The highest BCUT2D eigenvalue weighted by Crippen LogP contribution is 2.17. The van der Waals surface area contributed by atoms with E-state index in [2.05, 4.69) is 10.1 Å². The Balaban J connectivity index is 2.29.